The molecular weight excluding hydrogens is 352 g/mol. The molecule has 1 fully saturated rings. The summed E-state index contributed by atoms with van der Waals surface area (Å²) >= 11 is 5.01. The standard InChI is InChI=1S/C15H13BrN2O2S/c16-10-6-12(21-9-10)8-17-13-7-14(19)18(15(13)20)11-4-2-1-3-5-11/h1-6,9,13,17H,7-8H2. The fourth-order valence-corrected chi connectivity index (χ4v) is 3.71. The Kier molecular flexibility index (Phi) is 4.19. The minimum atomic E-state index is -0.446. The minimum absolute atomic E-state index is 0.156. The van der Waals surface area contributed by atoms with Crippen molar-refractivity contribution in [3.8, 4) is 0 Å². The second-order valence-electron chi connectivity index (χ2n) is 4.77. The van der Waals surface area contributed by atoms with Crippen LogP contribution in [0.2, 0.25) is 0 Å². The number of halogens is 1. The lowest BCUT2D eigenvalue weighted by molar-refractivity contribution is -0.121. The van der Waals surface area contributed by atoms with Crippen LogP contribution in [0.4, 0.5) is 5.69 Å². The van der Waals surface area contributed by atoms with Gasteiger partial charge >= 0.3 is 0 Å². The zero-order valence-electron chi connectivity index (χ0n) is 11.1. The molecule has 1 atom stereocenters. The van der Waals surface area contributed by atoms with E-state index in [2.05, 4.69) is 21.2 Å². The highest BCUT2D eigenvalue weighted by Crippen LogP contribution is 2.24. The first-order chi connectivity index (χ1) is 10.1. The summed E-state index contributed by atoms with van der Waals surface area (Å²) in [5.41, 5.74) is 0.635. The molecule has 1 aromatic carbocycles. The smallest absolute Gasteiger partial charge is 0.251 e. The summed E-state index contributed by atoms with van der Waals surface area (Å²) in [5.74, 6) is -0.335. The number of para-hydroxylation sites is 1. The number of benzene rings is 1. The van der Waals surface area contributed by atoms with Crippen molar-refractivity contribution in [2.24, 2.45) is 0 Å². The van der Waals surface area contributed by atoms with E-state index < -0.39 is 6.04 Å². The summed E-state index contributed by atoms with van der Waals surface area (Å²) < 4.78 is 1.03. The monoisotopic (exact) mass is 364 g/mol. The van der Waals surface area contributed by atoms with Gasteiger partial charge in [-0.1, -0.05) is 18.2 Å². The first-order valence-corrected chi connectivity index (χ1v) is 8.20. The van der Waals surface area contributed by atoms with Crippen molar-refractivity contribution < 1.29 is 9.59 Å². The number of hydrogen-bond donors (Lipinski definition) is 1. The zero-order valence-corrected chi connectivity index (χ0v) is 13.5. The number of rotatable bonds is 4. The van der Waals surface area contributed by atoms with E-state index in [0.29, 0.717) is 12.2 Å². The normalized spacial score (nSPS) is 18.5. The van der Waals surface area contributed by atoms with Gasteiger partial charge in [-0.3, -0.25) is 9.59 Å². The van der Waals surface area contributed by atoms with E-state index in [4.69, 9.17) is 0 Å². The zero-order chi connectivity index (χ0) is 14.8. The van der Waals surface area contributed by atoms with Crippen molar-refractivity contribution in [2.45, 2.75) is 19.0 Å². The van der Waals surface area contributed by atoms with Gasteiger partial charge in [0.15, 0.2) is 0 Å². The van der Waals surface area contributed by atoms with E-state index in [1.807, 2.05) is 29.6 Å². The van der Waals surface area contributed by atoms with Crippen LogP contribution >= 0.6 is 27.3 Å². The first kappa shape index (κ1) is 14.4. The molecule has 1 unspecified atom stereocenters. The highest BCUT2D eigenvalue weighted by molar-refractivity contribution is 9.10. The molecule has 1 aliphatic heterocycles. The second-order valence-corrected chi connectivity index (χ2v) is 6.68. The maximum absolute atomic E-state index is 12.4. The fourth-order valence-electron chi connectivity index (χ4n) is 2.31. The van der Waals surface area contributed by atoms with Gasteiger partial charge in [0, 0.05) is 21.3 Å². The molecule has 2 aromatic rings. The van der Waals surface area contributed by atoms with E-state index in [9.17, 15) is 9.59 Å². The summed E-state index contributed by atoms with van der Waals surface area (Å²) in [6.07, 6.45) is 0.209. The van der Waals surface area contributed by atoms with Crippen molar-refractivity contribution in [3.63, 3.8) is 0 Å². The highest BCUT2D eigenvalue weighted by atomic mass is 79.9. The van der Waals surface area contributed by atoms with E-state index >= 15 is 0 Å². The Labute approximate surface area is 134 Å². The quantitative estimate of drug-likeness (QED) is 0.848. The lowest BCUT2D eigenvalue weighted by Crippen LogP contribution is -2.38. The third-order valence-electron chi connectivity index (χ3n) is 3.31. The van der Waals surface area contributed by atoms with Gasteiger partial charge in [0.1, 0.15) is 0 Å². The van der Waals surface area contributed by atoms with Crippen molar-refractivity contribution in [3.05, 3.63) is 51.1 Å². The molecule has 1 saturated heterocycles. The molecule has 0 saturated carbocycles. The number of amides is 2. The second kappa shape index (κ2) is 6.09. The van der Waals surface area contributed by atoms with E-state index in [1.54, 1.807) is 23.5 Å². The predicted octanol–water partition coefficient (Wildman–Crippen LogP) is 2.93. The predicted molar refractivity (Wildman–Crippen MR) is 86.2 cm³/mol. The van der Waals surface area contributed by atoms with Gasteiger partial charge in [-0.2, -0.15) is 0 Å². The Balaban J connectivity index is 1.69. The van der Waals surface area contributed by atoms with Crippen LogP contribution in [0.25, 0.3) is 0 Å². The number of anilines is 1. The van der Waals surface area contributed by atoms with Crippen LogP contribution in [0, 0.1) is 0 Å². The number of nitrogens with one attached hydrogen (secondary N) is 1. The highest BCUT2D eigenvalue weighted by Gasteiger charge is 2.39. The maximum atomic E-state index is 12.4. The van der Waals surface area contributed by atoms with Gasteiger partial charge in [0.25, 0.3) is 5.91 Å². The Bertz CT molecular complexity index is 671. The molecule has 4 nitrogen and oxygen atoms in total. The summed E-state index contributed by atoms with van der Waals surface area (Å²) in [6.45, 7) is 0.586. The average molecular weight is 365 g/mol. The van der Waals surface area contributed by atoms with Gasteiger partial charge < -0.3 is 5.32 Å². The number of nitrogens with zero attached hydrogens (tertiary/aromatic N) is 1. The van der Waals surface area contributed by atoms with Crippen LogP contribution in [0.1, 0.15) is 11.3 Å². The molecule has 0 radical (unpaired) electrons. The Hall–Kier alpha value is -1.50. The van der Waals surface area contributed by atoms with Gasteiger partial charge in [-0.25, -0.2) is 4.90 Å². The molecule has 0 spiro atoms. The summed E-state index contributed by atoms with van der Waals surface area (Å²) in [6, 6.07) is 10.6. The average Bonchev–Trinajstić information content (AvgIpc) is 3.01. The molecule has 0 bridgehead atoms. The Morgan fingerprint density at radius 2 is 2.05 bits per heavy atom. The lowest BCUT2D eigenvalue weighted by atomic mass is 10.2. The largest absolute Gasteiger partial charge is 0.300 e. The lowest BCUT2D eigenvalue weighted by Gasteiger charge is -2.15. The number of carbonyl (C=O) groups is 2. The molecule has 1 N–H and O–H groups in total. The van der Waals surface area contributed by atoms with Gasteiger partial charge in [-0.15, -0.1) is 11.3 Å². The SMILES string of the molecule is O=C1CC(NCc2cc(Br)cs2)C(=O)N1c1ccccc1. The minimum Gasteiger partial charge on any atom is -0.300 e. The summed E-state index contributed by atoms with van der Waals surface area (Å²) in [4.78, 5) is 26.8. The molecule has 0 aliphatic carbocycles. The molecular formula is C15H13BrN2O2S. The molecule has 6 heteroatoms. The summed E-state index contributed by atoms with van der Waals surface area (Å²) in [5, 5.41) is 5.16. The topological polar surface area (TPSA) is 49.4 Å². The molecule has 1 aliphatic rings. The third-order valence-corrected chi connectivity index (χ3v) is 5.00. The Morgan fingerprint density at radius 1 is 1.29 bits per heavy atom. The summed E-state index contributed by atoms with van der Waals surface area (Å²) in [7, 11) is 0. The maximum Gasteiger partial charge on any atom is 0.251 e. The number of carbonyl (C=O) groups excluding carboxylic acids is 2. The molecule has 2 amide bonds. The molecule has 2 heterocycles. The third kappa shape index (κ3) is 3.07. The van der Waals surface area contributed by atoms with Crippen LogP contribution in [0.15, 0.2) is 46.3 Å². The molecule has 1 aromatic heterocycles. The van der Waals surface area contributed by atoms with E-state index in [-0.39, 0.29) is 18.2 Å². The van der Waals surface area contributed by atoms with Crippen molar-refractivity contribution >= 4 is 44.8 Å². The van der Waals surface area contributed by atoms with E-state index in [0.717, 1.165) is 9.35 Å². The first-order valence-electron chi connectivity index (χ1n) is 6.53. The van der Waals surface area contributed by atoms with Crippen LogP contribution in [0.3, 0.4) is 0 Å². The van der Waals surface area contributed by atoms with Gasteiger partial charge in [0.05, 0.1) is 18.2 Å². The number of imide groups is 1. The molecule has 21 heavy (non-hydrogen) atoms. The number of thiophene rings is 1. The van der Waals surface area contributed by atoms with Crippen molar-refractivity contribution in [1.29, 1.82) is 0 Å². The fraction of sp³-hybridized carbons (Fsp3) is 0.200. The van der Waals surface area contributed by atoms with Crippen LogP contribution in [0.5, 0.6) is 0 Å². The molecule has 108 valence electrons. The van der Waals surface area contributed by atoms with Gasteiger partial charge in [-0.05, 0) is 34.1 Å². The van der Waals surface area contributed by atoms with Crippen molar-refractivity contribution in [2.75, 3.05) is 4.90 Å². The van der Waals surface area contributed by atoms with Crippen LogP contribution < -0.4 is 10.2 Å². The van der Waals surface area contributed by atoms with Crippen molar-refractivity contribution in [1.82, 2.24) is 5.32 Å². The number of hydrogen-bond acceptors (Lipinski definition) is 4. The van der Waals surface area contributed by atoms with Crippen LogP contribution in [-0.2, 0) is 16.1 Å². The molecule has 3 rings (SSSR count). The van der Waals surface area contributed by atoms with Crippen LogP contribution in [-0.4, -0.2) is 17.9 Å². The van der Waals surface area contributed by atoms with Gasteiger partial charge in [0.2, 0.25) is 5.91 Å². The Morgan fingerprint density at radius 3 is 2.71 bits per heavy atom. The van der Waals surface area contributed by atoms with E-state index in [1.165, 1.54) is 4.90 Å².